The SMILES string of the molecule is CC(=O)N[C@@H](CS)C(=O)N[C@@H](CCC(N)=O)C(=O)N[C@H](C(=O)N[C@@H](Cc1c[nH]c2ccccc12)C(=O)N[C@@H](CCC(N)=O)C(=O)N[C@@H](CS)C(=O)N[C@@H](Cc1ccc(O)cc1)C(=O)N[C@@H](Cc1c[nH]c2ccccc12)C(=O)N[C@@H](CCONC(=N)N)C(=O)N[C@@H](CCC(=O)O)C(=O)N[C@@H](CC(N)=O)C(=O)NCC(=O)NCCOCC(=O)N[C@H](CCCCN)C(N)=O)[C@@H](C)O. The third kappa shape index (κ3) is 37.4. The van der Waals surface area contributed by atoms with E-state index in [2.05, 4.69) is 115 Å². The Kier molecular flexibility index (Phi) is 44.6. The smallest absolute Gasteiger partial charge is 0.303 e. The first-order valence-corrected chi connectivity index (χ1v) is 41.8. The highest BCUT2D eigenvalue weighted by molar-refractivity contribution is 7.80. The molecule has 5 aromatic rings. The van der Waals surface area contributed by atoms with Gasteiger partial charge in [0.15, 0.2) is 0 Å². The number of hydrogen-bond acceptors (Lipinski definition) is 27. The summed E-state index contributed by atoms with van der Waals surface area (Å²) >= 11 is 8.43. The zero-order valence-corrected chi connectivity index (χ0v) is 72.2. The number of aliphatic hydroxyl groups is 1. The molecule has 0 saturated carbocycles. The summed E-state index contributed by atoms with van der Waals surface area (Å²) in [7, 11) is 0. The summed E-state index contributed by atoms with van der Waals surface area (Å²) in [4.78, 5) is 269. The average molecular weight is 1850 g/mol. The van der Waals surface area contributed by atoms with Crippen LogP contribution in [0.2, 0.25) is 0 Å². The molecular formula is C79H112N24O24S2. The molecule has 0 aliphatic heterocycles. The number of para-hydroxylation sites is 2. The number of unbranched alkanes of at least 4 members (excludes halogenated alkanes) is 1. The first-order chi connectivity index (χ1) is 61.2. The monoisotopic (exact) mass is 1840 g/mol. The van der Waals surface area contributed by atoms with E-state index in [1.165, 1.54) is 36.7 Å². The number of carboxylic acid groups (broad SMARTS) is 1. The highest BCUT2D eigenvalue weighted by Crippen LogP contribution is 2.23. The Bertz CT molecular complexity index is 4790. The maximum atomic E-state index is 15.3. The second-order valence-corrected chi connectivity index (χ2v) is 30.3. The van der Waals surface area contributed by atoms with E-state index in [-0.39, 0.29) is 36.6 Å². The van der Waals surface area contributed by atoms with E-state index in [1.54, 1.807) is 48.5 Å². The quantitative estimate of drug-likeness (QED) is 0.00565. The van der Waals surface area contributed by atoms with Gasteiger partial charge < -0.3 is 139 Å². The second-order valence-electron chi connectivity index (χ2n) is 29.6. The van der Waals surface area contributed by atoms with Gasteiger partial charge in [0.25, 0.3) is 0 Å². The number of hydrogen-bond donors (Lipinski definition) is 29. The van der Waals surface area contributed by atoms with Crippen molar-refractivity contribution in [1.82, 2.24) is 89.9 Å². The van der Waals surface area contributed by atoms with Crippen molar-refractivity contribution >= 4 is 165 Å². The number of amides is 18. The number of carboxylic acids is 1. The zero-order chi connectivity index (χ0) is 95.6. The topological polar surface area (TPSA) is 795 Å². The van der Waals surface area contributed by atoms with Crippen molar-refractivity contribution in [3.63, 3.8) is 0 Å². The van der Waals surface area contributed by atoms with Gasteiger partial charge in [-0.2, -0.15) is 25.3 Å². The van der Waals surface area contributed by atoms with Crippen molar-refractivity contribution in [2.24, 2.45) is 34.4 Å². The number of primary amides is 4. The Balaban J connectivity index is 1.44. The van der Waals surface area contributed by atoms with Gasteiger partial charge in [0.2, 0.25) is 112 Å². The number of nitrogens with one attached hydrogen (secondary N) is 18. The number of ether oxygens (including phenoxy) is 1. The number of phenolic OH excluding ortho intramolecular Hbond substituents is 1. The van der Waals surface area contributed by atoms with Gasteiger partial charge in [-0.05, 0) is 92.9 Å². The molecule has 50 heteroatoms. The van der Waals surface area contributed by atoms with Crippen LogP contribution in [0.3, 0.4) is 0 Å². The molecule has 13 atom stereocenters. The molecule has 0 aliphatic carbocycles. The normalized spacial score (nSPS) is 14.1. The summed E-state index contributed by atoms with van der Waals surface area (Å²) in [6.07, 6.45) is -3.96. The maximum absolute atomic E-state index is 15.3. The molecule has 0 spiro atoms. The van der Waals surface area contributed by atoms with E-state index < -0.39 is 293 Å². The molecular weight excluding hydrogens is 1730 g/mol. The first-order valence-electron chi connectivity index (χ1n) is 40.5. The Hall–Kier alpha value is -13.7. The van der Waals surface area contributed by atoms with Gasteiger partial charge in [-0.3, -0.25) is 101 Å². The Morgan fingerprint density at radius 3 is 1.35 bits per heavy atom. The minimum absolute atomic E-state index is 0.215. The van der Waals surface area contributed by atoms with Gasteiger partial charge in [-0.25, -0.2) is 5.48 Å². The minimum atomic E-state index is -1.95. The molecule has 0 aliphatic rings. The predicted molar refractivity (Wildman–Crippen MR) is 466 cm³/mol. The molecule has 5 rings (SSSR count). The van der Waals surface area contributed by atoms with E-state index in [1.807, 2.05) is 0 Å². The van der Waals surface area contributed by atoms with Crippen LogP contribution in [0.1, 0.15) is 101 Å². The number of benzene rings is 3. The van der Waals surface area contributed by atoms with Crippen molar-refractivity contribution in [2.45, 2.75) is 182 Å². The Labute approximate surface area is 748 Å². The number of hydroxylamine groups is 1. The fourth-order valence-corrected chi connectivity index (χ4v) is 13.2. The number of phenols is 1. The molecule has 0 bridgehead atoms. The fourth-order valence-electron chi connectivity index (χ4n) is 12.7. The van der Waals surface area contributed by atoms with Crippen LogP contribution in [0.15, 0.2) is 85.2 Å². The number of rotatable bonds is 59. The number of fused-ring (bicyclic) bond motifs is 2. The highest BCUT2D eigenvalue weighted by atomic mass is 32.1. The maximum Gasteiger partial charge on any atom is 0.303 e. The second kappa shape index (κ2) is 54.3. The third-order valence-corrected chi connectivity index (χ3v) is 20.1. The van der Waals surface area contributed by atoms with Crippen molar-refractivity contribution < 1.29 is 116 Å². The average Bonchev–Trinajstić information content (AvgIpc) is 1.70. The fraction of sp³-hybridized carbons (Fsp3) is 0.468. The van der Waals surface area contributed by atoms with E-state index in [0.717, 1.165) is 13.8 Å². The van der Waals surface area contributed by atoms with Gasteiger partial charge in [0.1, 0.15) is 84.9 Å². The lowest BCUT2D eigenvalue weighted by molar-refractivity contribution is -0.139. The molecule has 48 nitrogen and oxygen atoms in total. The minimum Gasteiger partial charge on any atom is -0.508 e. The molecule has 2 heterocycles. The van der Waals surface area contributed by atoms with Crippen LogP contribution in [-0.4, -0.2) is 273 Å². The number of carbonyl (C=O) groups is 19. The number of aromatic hydroxyl groups is 1. The number of carbonyl (C=O) groups excluding carboxylic acids is 18. The molecule has 0 radical (unpaired) electrons. The molecule has 2 aromatic heterocycles. The third-order valence-electron chi connectivity index (χ3n) is 19.3. The van der Waals surface area contributed by atoms with Gasteiger partial charge in [0, 0.05) is 104 Å². The molecule has 33 N–H and O–H groups in total. The first kappa shape index (κ1) is 106. The number of aromatic amines is 2. The molecule has 0 unspecified atom stereocenters. The summed E-state index contributed by atoms with van der Waals surface area (Å²) in [5.41, 5.74) is 36.9. The molecule has 18 amide bonds. The number of thiol groups is 2. The van der Waals surface area contributed by atoms with Gasteiger partial charge in [-0.1, -0.05) is 48.5 Å². The summed E-state index contributed by atoms with van der Waals surface area (Å²) in [5.74, 6) is -22.2. The van der Waals surface area contributed by atoms with Crippen molar-refractivity contribution in [2.75, 3.05) is 51.0 Å². The van der Waals surface area contributed by atoms with Crippen LogP contribution in [0.25, 0.3) is 21.8 Å². The highest BCUT2D eigenvalue weighted by Gasteiger charge is 2.39. The summed E-state index contributed by atoms with van der Waals surface area (Å²) in [5, 5.41) is 73.6. The van der Waals surface area contributed by atoms with Crippen LogP contribution in [0, 0.1) is 5.41 Å². The van der Waals surface area contributed by atoms with Crippen molar-refractivity contribution in [3.8, 4) is 5.75 Å². The predicted octanol–water partition coefficient (Wildman–Crippen LogP) is -8.60. The largest absolute Gasteiger partial charge is 0.508 e. The van der Waals surface area contributed by atoms with Gasteiger partial charge >= 0.3 is 5.97 Å². The standard InChI is InChI=1S/C79H112N24O24S2/c1-39(104)66(102-72(119)51(19-22-61(82)108)95-76(123)58(37-128)91-40(2)105)78(125)100-56(31-43-34-89-48-12-6-4-10-46(43)48)75(122)94-50(18-21-60(81)107)70(117)101-59(38-129)77(124)97-54(29-41-14-16-44(106)17-15-41)73(120)98-55(30-42-33-88-47-11-5-3-9-45(42)47)74(121)96-53(24-27-127-103-79(85)86)71(118)93-52(20-23-65(112)113)69(116)99-57(32-62(83)109)68(115)90-35-63(110)87-26-28-126-36-64(111)92-49(67(84)114)13-7-8-25-80/h3-6,9-12,14-17,33-34,39,49-59,66,88-89,104,106,128-129H,7-8,13,18-32,35-38,80H2,1-2H3,(H2,81,107)(H2,82,108)(H2,83,109)(H2,84,114)(H,87,110)(H,90,115)(H,91,105)(H,92,111)(H,93,118)(H,94,122)(H,95,123)(H,96,121)(H,97,124)(H,98,120)(H,99,116)(H,100,125)(H,101,117)(H,102,119)(H,112,113)(H4,85,86,103)/t39-,49-,50+,51+,52+,53+,54+,55+,56+,57+,58+,59+,66+/m1/s1. The van der Waals surface area contributed by atoms with Gasteiger partial charge in [0.05, 0.1) is 32.3 Å². The number of aliphatic hydroxyl groups excluding tert-OH is 1. The number of nitrogens with two attached hydrogens (primary N) is 6. The Morgan fingerprint density at radius 2 is 0.891 bits per heavy atom. The van der Waals surface area contributed by atoms with Crippen LogP contribution in [0.4, 0.5) is 0 Å². The molecule has 3 aromatic carbocycles. The summed E-state index contributed by atoms with van der Waals surface area (Å²) in [6, 6.07) is -1.83. The van der Waals surface area contributed by atoms with E-state index >= 15 is 9.59 Å². The van der Waals surface area contributed by atoms with E-state index in [0.29, 0.717) is 52.3 Å². The number of H-pyrrole nitrogens is 2. The molecule has 0 fully saturated rings. The van der Waals surface area contributed by atoms with Crippen molar-refractivity contribution in [3.05, 3.63) is 102 Å². The van der Waals surface area contributed by atoms with Crippen LogP contribution in [-0.2, 0) is 120 Å². The number of aliphatic carboxylic acids is 1. The van der Waals surface area contributed by atoms with Crippen LogP contribution in [0.5, 0.6) is 5.75 Å². The van der Waals surface area contributed by atoms with Gasteiger partial charge in [-0.15, -0.1) is 0 Å². The number of guanidine groups is 1. The van der Waals surface area contributed by atoms with Crippen molar-refractivity contribution in [1.29, 1.82) is 5.41 Å². The summed E-state index contributed by atoms with van der Waals surface area (Å²) in [6.45, 7) is 0.209. The lowest BCUT2D eigenvalue weighted by atomic mass is 10.0. The summed E-state index contributed by atoms with van der Waals surface area (Å²) < 4.78 is 5.26. The molecule has 704 valence electrons. The zero-order valence-electron chi connectivity index (χ0n) is 70.4. The number of aromatic nitrogens is 2. The Morgan fingerprint density at radius 1 is 0.457 bits per heavy atom. The van der Waals surface area contributed by atoms with E-state index in [4.69, 9.17) is 49.4 Å². The van der Waals surface area contributed by atoms with Crippen LogP contribution >= 0.6 is 25.3 Å². The lowest BCUT2D eigenvalue weighted by Crippen LogP contribution is -2.62. The van der Waals surface area contributed by atoms with E-state index in [9.17, 15) is 96.8 Å². The lowest BCUT2D eigenvalue weighted by Gasteiger charge is -2.29. The molecule has 0 saturated heterocycles. The van der Waals surface area contributed by atoms with Crippen LogP contribution < -0.4 is 114 Å². The molecule has 129 heavy (non-hydrogen) atoms.